The van der Waals surface area contributed by atoms with E-state index in [9.17, 15) is 0 Å². The molecule has 1 aromatic heterocycles. The van der Waals surface area contributed by atoms with Crippen LogP contribution in [0.1, 0.15) is 39.5 Å². The fraction of sp³-hybridized carbons (Fsp3) is 0.750. The number of hydrogen-bond donors (Lipinski definition) is 1. The average molecular weight is 290 g/mol. The second-order valence-corrected chi connectivity index (χ2v) is 6.39. The number of ether oxygens (including phenoxy) is 1. The van der Waals surface area contributed by atoms with Gasteiger partial charge in [-0.25, -0.2) is 4.98 Å². The molecule has 1 atom stereocenters. The molecule has 5 nitrogen and oxygen atoms in total. The van der Waals surface area contributed by atoms with Crippen molar-refractivity contribution in [2.45, 2.75) is 51.7 Å². The van der Waals surface area contributed by atoms with Crippen LogP contribution < -0.4 is 15.0 Å². The molecule has 1 aromatic rings. The zero-order valence-electron chi connectivity index (χ0n) is 13.1. The van der Waals surface area contributed by atoms with Gasteiger partial charge in [0.25, 0.3) is 0 Å². The van der Waals surface area contributed by atoms with Gasteiger partial charge in [-0.15, -0.1) is 0 Å². The van der Waals surface area contributed by atoms with Crippen molar-refractivity contribution < 1.29 is 4.74 Å². The average Bonchev–Trinajstić information content (AvgIpc) is 3.01. The van der Waals surface area contributed by atoms with E-state index in [0.29, 0.717) is 5.88 Å². The van der Waals surface area contributed by atoms with Gasteiger partial charge in [-0.05, 0) is 52.0 Å². The first-order chi connectivity index (χ1) is 10.2. The topological polar surface area (TPSA) is 50.3 Å². The van der Waals surface area contributed by atoms with E-state index >= 15 is 0 Å². The Labute approximate surface area is 127 Å². The fourth-order valence-electron chi connectivity index (χ4n) is 3.41. The molecule has 0 spiro atoms. The summed E-state index contributed by atoms with van der Waals surface area (Å²) >= 11 is 0. The van der Waals surface area contributed by atoms with Crippen LogP contribution in [0.3, 0.4) is 0 Å². The van der Waals surface area contributed by atoms with Gasteiger partial charge in [0.05, 0.1) is 6.10 Å². The van der Waals surface area contributed by atoms with Crippen LogP contribution in [-0.4, -0.2) is 41.7 Å². The third-order valence-electron chi connectivity index (χ3n) is 4.46. The van der Waals surface area contributed by atoms with Crippen LogP contribution in [0.2, 0.25) is 0 Å². The molecule has 2 fully saturated rings. The number of nitrogens with zero attached hydrogens (tertiary/aromatic N) is 3. The predicted molar refractivity (Wildman–Crippen MR) is 83.8 cm³/mol. The monoisotopic (exact) mass is 290 g/mol. The van der Waals surface area contributed by atoms with Crippen molar-refractivity contribution in [2.75, 3.05) is 24.5 Å². The summed E-state index contributed by atoms with van der Waals surface area (Å²) in [6.45, 7) is 7.33. The van der Waals surface area contributed by atoms with Crippen LogP contribution in [-0.2, 0) is 0 Å². The molecule has 21 heavy (non-hydrogen) atoms. The molecule has 1 unspecified atom stereocenters. The van der Waals surface area contributed by atoms with Gasteiger partial charge in [0.15, 0.2) is 0 Å². The smallest absolute Gasteiger partial charge is 0.228 e. The first-order valence-electron chi connectivity index (χ1n) is 8.20. The van der Waals surface area contributed by atoms with Gasteiger partial charge in [-0.3, -0.25) is 0 Å². The van der Waals surface area contributed by atoms with E-state index in [1.165, 1.54) is 32.2 Å². The highest BCUT2D eigenvalue weighted by molar-refractivity contribution is 5.32. The fourth-order valence-corrected chi connectivity index (χ4v) is 3.41. The third kappa shape index (κ3) is 3.64. The Balaban J connectivity index is 1.58. The maximum absolute atomic E-state index is 5.66. The summed E-state index contributed by atoms with van der Waals surface area (Å²) < 4.78 is 5.66. The Morgan fingerprint density at radius 2 is 2.10 bits per heavy atom. The lowest BCUT2D eigenvalue weighted by atomic mass is 9.89. The lowest BCUT2D eigenvalue weighted by molar-refractivity contribution is 0.232. The first kappa shape index (κ1) is 14.6. The third-order valence-corrected chi connectivity index (χ3v) is 4.46. The van der Waals surface area contributed by atoms with Gasteiger partial charge < -0.3 is 15.0 Å². The van der Waals surface area contributed by atoms with Crippen LogP contribution in [0.25, 0.3) is 0 Å². The van der Waals surface area contributed by atoms with E-state index in [0.717, 1.165) is 31.0 Å². The molecule has 0 saturated carbocycles. The van der Waals surface area contributed by atoms with Gasteiger partial charge in [-0.2, -0.15) is 4.98 Å². The number of anilines is 1. The van der Waals surface area contributed by atoms with Crippen molar-refractivity contribution in [3.8, 4) is 5.88 Å². The molecule has 5 heteroatoms. The van der Waals surface area contributed by atoms with Crippen LogP contribution in [0.5, 0.6) is 5.88 Å². The maximum Gasteiger partial charge on any atom is 0.228 e. The molecule has 3 heterocycles. The van der Waals surface area contributed by atoms with Crippen molar-refractivity contribution in [3.63, 3.8) is 0 Å². The summed E-state index contributed by atoms with van der Waals surface area (Å²) in [5.41, 5.74) is 0. The summed E-state index contributed by atoms with van der Waals surface area (Å²) in [7, 11) is 0. The van der Waals surface area contributed by atoms with Gasteiger partial charge in [0.1, 0.15) is 0 Å². The van der Waals surface area contributed by atoms with Crippen LogP contribution in [0.15, 0.2) is 12.3 Å². The van der Waals surface area contributed by atoms with E-state index in [1.807, 2.05) is 19.9 Å². The maximum atomic E-state index is 5.66. The molecular formula is C16H26N4O. The summed E-state index contributed by atoms with van der Waals surface area (Å²) in [6.07, 6.45) is 7.09. The summed E-state index contributed by atoms with van der Waals surface area (Å²) in [6, 6.07) is 2.57. The highest BCUT2D eigenvalue weighted by Crippen LogP contribution is 2.27. The van der Waals surface area contributed by atoms with E-state index in [4.69, 9.17) is 4.74 Å². The second-order valence-electron chi connectivity index (χ2n) is 6.39. The Bertz CT molecular complexity index is 451. The van der Waals surface area contributed by atoms with E-state index in [2.05, 4.69) is 20.2 Å². The predicted octanol–water partition coefficient (Wildman–Crippen LogP) is 2.23. The zero-order chi connectivity index (χ0) is 14.7. The highest BCUT2D eigenvalue weighted by Gasteiger charge is 2.29. The molecule has 0 bridgehead atoms. The van der Waals surface area contributed by atoms with Crippen LogP contribution in [0, 0.1) is 5.92 Å². The van der Waals surface area contributed by atoms with Crippen LogP contribution in [0.4, 0.5) is 5.95 Å². The Morgan fingerprint density at radius 1 is 1.29 bits per heavy atom. The van der Waals surface area contributed by atoms with E-state index in [1.54, 1.807) is 6.20 Å². The van der Waals surface area contributed by atoms with Gasteiger partial charge >= 0.3 is 0 Å². The zero-order valence-corrected chi connectivity index (χ0v) is 13.1. The van der Waals surface area contributed by atoms with Crippen molar-refractivity contribution in [1.29, 1.82) is 0 Å². The number of piperidine rings is 1. The second kappa shape index (κ2) is 6.60. The summed E-state index contributed by atoms with van der Waals surface area (Å²) in [5.74, 6) is 2.31. The normalized spacial score (nSPS) is 23.8. The molecule has 3 rings (SSSR count). The minimum absolute atomic E-state index is 0.145. The minimum Gasteiger partial charge on any atom is -0.475 e. The molecule has 0 amide bonds. The number of nitrogens with one attached hydrogen (secondary N) is 1. The molecule has 2 saturated heterocycles. The number of aromatic nitrogens is 2. The SMILES string of the molecule is CC(C)Oc1ccnc(N2CCC(C3CCCN3)CC2)n1. The summed E-state index contributed by atoms with van der Waals surface area (Å²) in [5, 5.41) is 3.64. The largest absolute Gasteiger partial charge is 0.475 e. The lowest BCUT2D eigenvalue weighted by Crippen LogP contribution is -2.41. The molecule has 1 N–H and O–H groups in total. The molecular weight excluding hydrogens is 264 g/mol. The van der Waals surface area contributed by atoms with Crippen molar-refractivity contribution >= 4 is 5.95 Å². The number of hydrogen-bond acceptors (Lipinski definition) is 5. The van der Waals surface area contributed by atoms with Crippen molar-refractivity contribution in [2.24, 2.45) is 5.92 Å². The molecule has 116 valence electrons. The summed E-state index contributed by atoms with van der Waals surface area (Å²) in [4.78, 5) is 11.2. The Kier molecular flexibility index (Phi) is 4.58. The molecule has 0 aliphatic carbocycles. The lowest BCUT2D eigenvalue weighted by Gasteiger charge is -2.34. The van der Waals surface area contributed by atoms with Crippen molar-refractivity contribution in [3.05, 3.63) is 12.3 Å². The van der Waals surface area contributed by atoms with Crippen LogP contribution >= 0.6 is 0 Å². The van der Waals surface area contributed by atoms with Gasteiger partial charge in [0, 0.05) is 31.4 Å². The molecule has 2 aliphatic rings. The van der Waals surface area contributed by atoms with Gasteiger partial charge in [-0.1, -0.05) is 0 Å². The highest BCUT2D eigenvalue weighted by atomic mass is 16.5. The Hall–Kier alpha value is -1.36. The quantitative estimate of drug-likeness (QED) is 0.921. The Morgan fingerprint density at radius 3 is 2.76 bits per heavy atom. The molecule has 0 radical (unpaired) electrons. The molecule has 2 aliphatic heterocycles. The number of rotatable bonds is 4. The van der Waals surface area contributed by atoms with E-state index < -0.39 is 0 Å². The standard InChI is InChI=1S/C16H26N4O/c1-12(2)21-15-5-9-18-16(19-15)20-10-6-13(7-11-20)14-4-3-8-17-14/h5,9,12-14,17H,3-4,6-8,10-11H2,1-2H3. The minimum atomic E-state index is 0.145. The van der Waals surface area contributed by atoms with Gasteiger partial charge in [0.2, 0.25) is 11.8 Å². The van der Waals surface area contributed by atoms with E-state index in [-0.39, 0.29) is 6.10 Å². The molecule has 0 aromatic carbocycles. The van der Waals surface area contributed by atoms with Crippen molar-refractivity contribution in [1.82, 2.24) is 15.3 Å². The first-order valence-corrected chi connectivity index (χ1v) is 8.20.